The van der Waals surface area contributed by atoms with Crippen molar-refractivity contribution in [3.8, 4) is 5.75 Å². The van der Waals surface area contributed by atoms with Crippen LogP contribution in [0, 0.1) is 13.8 Å². The number of para-hydroxylation sites is 1. The van der Waals surface area contributed by atoms with Crippen molar-refractivity contribution in [2.75, 3.05) is 23.7 Å². The average molecular weight is 509 g/mol. The van der Waals surface area contributed by atoms with Gasteiger partial charge in [0.05, 0.1) is 25.0 Å². The molecule has 3 aromatic rings. The number of rotatable bonds is 9. The Morgan fingerprint density at radius 3 is 2.28 bits per heavy atom. The van der Waals surface area contributed by atoms with Gasteiger partial charge in [0.15, 0.2) is 0 Å². The number of aryl methyl sites for hydroxylation is 2. The molecule has 1 N–H and O–H groups in total. The predicted octanol–water partition coefficient (Wildman–Crippen LogP) is 5.38. The highest BCUT2D eigenvalue weighted by molar-refractivity contribution is 7.92. The maximum atomic E-state index is 12.6. The summed E-state index contributed by atoms with van der Waals surface area (Å²) in [5, 5.41) is 2.88. The van der Waals surface area contributed by atoms with Crippen LogP contribution in [0.4, 0.5) is 5.69 Å². The molecule has 0 atom stereocenters. The lowest BCUT2D eigenvalue weighted by Gasteiger charge is -2.25. The molecule has 0 spiro atoms. The minimum Gasteiger partial charge on any atom is -0.491 e. The van der Waals surface area contributed by atoms with Gasteiger partial charge in [-0.15, -0.1) is 0 Å². The van der Waals surface area contributed by atoms with Crippen LogP contribution in [0.5, 0.6) is 5.75 Å². The first-order valence-electron chi connectivity index (χ1n) is 12.0. The monoisotopic (exact) mass is 508 g/mol. The zero-order chi connectivity index (χ0) is 26.5. The number of sulfonamides is 1. The van der Waals surface area contributed by atoms with E-state index in [0.29, 0.717) is 24.4 Å². The van der Waals surface area contributed by atoms with E-state index in [-0.39, 0.29) is 17.9 Å². The lowest BCUT2D eigenvalue weighted by molar-refractivity contribution is 0.0946. The van der Waals surface area contributed by atoms with Crippen molar-refractivity contribution in [3.63, 3.8) is 0 Å². The molecule has 1 amide bonds. The largest absolute Gasteiger partial charge is 0.491 e. The van der Waals surface area contributed by atoms with E-state index >= 15 is 0 Å². The van der Waals surface area contributed by atoms with Gasteiger partial charge >= 0.3 is 0 Å². The molecule has 0 radical (unpaired) electrons. The van der Waals surface area contributed by atoms with Gasteiger partial charge in [-0.2, -0.15) is 0 Å². The molecule has 0 aromatic heterocycles. The summed E-state index contributed by atoms with van der Waals surface area (Å²) in [7, 11) is -3.49. The van der Waals surface area contributed by atoms with Crippen LogP contribution in [0.2, 0.25) is 0 Å². The van der Waals surface area contributed by atoms with Crippen molar-refractivity contribution >= 4 is 21.6 Å². The maximum absolute atomic E-state index is 12.6. The van der Waals surface area contributed by atoms with Gasteiger partial charge in [0.2, 0.25) is 10.0 Å². The summed E-state index contributed by atoms with van der Waals surface area (Å²) in [6.45, 7) is 11.2. The Balaban J connectivity index is 1.61. The quantitative estimate of drug-likeness (QED) is 0.394. The van der Waals surface area contributed by atoms with E-state index < -0.39 is 10.0 Å². The van der Waals surface area contributed by atoms with Gasteiger partial charge < -0.3 is 10.1 Å². The molecule has 0 heterocycles. The highest BCUT2D eigenvalue weighted by atomic mass is 32.2. The fourth-order valence-corrected chi connectivity index (χ4v) is 4.87. The lowest BCUT2D eigenvalue weighted by atomic mass is 9.86. The summed E-state index contributed by atoms with van der Waals surface area (Å²) < 4.78 is 32.4. The van der Waals surface area contributed by atoms with Crippen LogP contribution in [-0.4, -0.2) is 33.7 Å². The van der Waals surface area contributed by atoms with Crippen molar-refractivity contribution in [1.29, 1.82) is 0 Å². The molecule has 3 aromatic carbocycles. The highest BCUT2D eigenvalue weighted by Crippen LogP contribution is 2.31. The molecule has 7 heteroatoms. The molecular formula is C29H36N2O4S. The number of hydrogen-bond donors (Lipinski definition) is 1. The van der Waals surface area contributed by atoms with Crippen LogP contribution in [-0.2, 0) is 22.0 Å². The third-order valence-electron chi connectivity index (χ3n) is 5.92. The topological polar surface area (TPSA) is 75.7 Å². The van der Waals surface area contributed by atoms with Crippen LogP contribution < -0.4 is 14.4 Å². The highest BCUT2D eigenvalue weighted by Gasteiger charge is 2.20. The molecule has 0 fully saturated rings. The minimum absolute atomic E-state index is 0.0354. The zero-order valence-electron chi connectivity index (χ0n) is 22.0. The molecule has 6 nitrogen and oxygen atoms in total. The molecule has 0 bridgehead atoms. The van der Waals surface area contributed by atoms with Crippen molar-refractivity contribution in [2.24, 2.45) is 0 Å². The number of ether oxygens (including phenoxy) is 1. The van der Waals surface area contributed by atoms with Crippen molar-refractivity contribution in [1.82, 2.24) is 5.32 Å². The summed E-state index contributed by atoms with van der Waals surface area (Å²) in [4.78, 5) is 12.6. The third-order valence-corrected chi connectivity index (χ3v) is 7.04. The molecular weight excluding hydrogens is 472 g/mol. The second-order valence-corrected chi connectivity index (χ2v) is 12.0. The molecule has 0 saturated heterocycles. The fraction of sp³-hybridized carbons (Fsp3) is 0.345. The van der Waals surface area contributed by atoms with Crippen molar-refractivity contribution in [2.45, 2.75) is 46.6 Å². The Morgan fingerprint density at radius 1 is 0.972 bits per heavy atom. The number of amides is 1. The molecule has 36 heavy (non-hydrogen) atoms. The smallest absolute Gasteiger partial charge is 0.251 e. The number of carbonyl (C=O) groups is 1. The number of carbonyl (C=O) groups excluding carboxylic acids is 1. The number of nitrogens with one attached hydrogen (secondary N) is 1. The van der Waals surface area contributed by atoms with Gasteiger partial charge in [-0.05, 0) is 65.8 Å². The van der Waals surface area contributed by atoms with E-state index in [1.165, 1.54) is 10.6 Å². The number of nitrogens with zero attached hydrogens (tertiary/aromatic N) is 1. The number of hydrogen-bond acceptors (Lipinski definition) is 4. The summed E-state index contributed by atoms with van der Waals surface area (Å²) in [5.74, 6) is 0.617. The van der Waals surface area contributed by atoms with Crippen molar-refractivity contribution < 1.29 is 17.9 Å². The summed E-state index contributed by atoms with van der Waals surface area (Å²) >= 11 is 0. The predicted molar refractivity (Wildman–Crippen MR) is 146 cm³/mol. The Labute approximate surface area is 215 Å². The van der Waals surface area contributed by atoms with Crippen LogP contribution in [0.3, 0.4) is 0 Å². The Hall–Kier alpha value is -3.32. The molecule has 0 unspecified atom stereocenters. The molecule has 0 aliphatic heterocycles. The average Bonchev–Trinajstić information content (AvgIpc) is 2.81. The van der Waals surface area contributed by atoms with Crippen molar-refractivity contribution in [3.05, 3.63) is 94.5 Å². The van der Waals surface area contributed by atoms with Gasteiger partial charge in [0, 0.05) is 5.56 Å². The zero-order valence-corrected chi connectivity index (χ0v) is 22.8. The summed E-state index contributed by atoms with van der Waals surface area (Å²) in [6.07, 6.45) is 1.21. The molecule has 0 aliphatic rings. The summed E-state index contributed by atoms with van der Waals surface area (Å²) in [5.41, 5.74) is 4.91. The molecule has 0 saturated carbocycles. The van der Waals surface area contributed by atoms with E-state index in [2.05, 4.69) is 32.2 Å². The number of anilines is 1. The first kappa shape index (κ1) is 27.3. The Bertz CT molecular complexity index is 1310. The van der Waals surface area contributed by atoms with Crippen LogP contribution in [0.15, 0.2) is 66.7 Å². The third kappa shape index (κ3) is 7.10. The minimum atomic E-state index is -3.49. The van der Waals surface area contributed by atoms with Gasteiger partial charge in [0.25, 0.3) is 5.91 Å². The van der Waals surface area contributed by atoms with Crippen LogP contribution in [0.1, 0.15) is 53.4 Å². The van der Waals surface area contributed by atoms with E-state index in [1.54, 1.807) is 24.3 Å². The van der Waals surface area contributed by atoms with Gasteiger partial charge in [-0.3, -0.25) is 9.10 Å². The van der Waals surface area contributed by atoms with E-state index in [1.807, 2.05) is 50.2 Å². The van der Waals surface area contributed by atoms with Gasteiger partial charge in [-0.25, -0.2) is 8.42 Å². The second-order valence-electron chi connectivity index (χ2n) is 10.1. The number of benzene rings is 3. The lowest BCUT2D eigenvalue weighted by Crippen LogP contribution is -2.30. The van der Waals surface area contributed by atoms with Crippen LogP contribution >= 0.6 is 0 Å². The summed E-state index contributed by atoms with van der Waals surface area (Å²) in [6, 6.07) is 20.7. The van der Waals surface area contributed by atoms with E-state index in [4.69, 9.17) is 4.74 Å². The molecule has 3 rings (SSSR count). The second kappa shape index (κ2) is 11.2. The Kier molecular flexibility index (Phi) is 8.46. The van der Waals surface area contributed by atoms with Gasteiger partial charge in [-0.1, -0.05) is 63.2 Å². The maximum Gasteiger partial charge on any atom is 0.251 e. The van der Waals surface area contributed by atoms with Gasteiger partial charge in [0.1, 0.15) is 12.4 Å². The van der Waals surface area contributed by atoms with E-state index in [0.717, 1.165) is 28.0 Å². The van der Waals surface area contributed by atoms with Crippen LogP contribution in [0.25, 0.3) is 0 Å². The standard InChI is InChI=1S/C29H36N2O4S/c1-21-11-12-22(2)26(19-21)31(36(6,33)34)20-23-13-15-24(16-14-23)28(32)30-17-18-35-27-10-8-7-9-25(27)29(3,4)5/h7-16,19H,17-18,20H2,1-6H3,(H,30,32). The first-order chi connectivity index (χ1) is 16.9. The SMILES string of the molecule is Cc1ccc(C)c(N(Cc2ccc(C(=O)NCCOc3ccccc3C(C)(C)C)cc2)S(C)(=O)=O)c1. The normalized spacial score (nSPS) is 11.7. The molecule has 192 valence electrons. The Morgan fingerprint density at radius 2 is 1.64 bits per heavy atom. The van der Waals surface area contributed by atoms with E-state index in [9.17, 15) is 13.2 Å². The fourth-order valence-electron chi connectivity index (χ4n) is 3.94. The first-order valence-corrected chi connectivity index (χ1v) is 13.9. The molecule has 0 aliphatic carbocycles.